The first-order chi connectivity index (χ1) is 14.2. The third-order valence-electron chi connectivity index (χ3n) is 5.51. The molecule has 1 saturated heterocycles. The molecule has 0 amide bonds. The van der Waals surface area contributed by atoms with Gasteiger partial charge in [-0.2, -0.15) is 0 Å². The Morgan fingerprint density at radius 3 is 2.63 bits per heavy atom. The van der Waals surface area contributed by atoms with Crippen molar-refractivity contribution >= 4 is 28.0 Å². The van der Waals surface area contributed by atoms with Gasteiger partial charge in [0.1, 0.15) is 33.9 Å². The van der Waals surface area contributed by atoms with Crippen molar-refractivity contribution in [2.24, 2.45) is 4.40 Å². The molecule has 4 rings (SSSR count). The summed E-state index contributed by atoms with van der Waals surface area (Å²) in [5.74, 6) is 0.0869. The number of ether oxygens (including phenoxy) is 1. The maximum absolute atomic E-state index is 14.5. The van der Waals surface area contributed by atoms with Gasteiger partial charge in [0.05, 0.1) is 16.6 Å². The van der Waals surface area contributed by atoms with Crippen molar-refractivity contribution in [3.05, 3.63) is 39.7 Å². The van der Waals surface area contributed by atoms with Crippen LogP contribution >= 0.6 is 0 Å². The number of nitrogens with zero attached hydrogens (tertiary/aromatic N) is 3. The van der Waals surface area contributed by atoms with Gasteiger partial charge >= 0.3 is 0 Å². The lowest BCUT2D eigenvalue weighted by molar-refractivity contribution is 0.00660. The van der Waals surface area contributed by atoms with E-state index in [0.717, 1.165) is 32.1 Å². The monoisotopic (exact) mass is 433 g/mol. The average Bonchev–Trinajstić information content (AvgIpc) is 3.52. The molecule has 6 nitrogen and oxygen atoms in total. The highest BCUT2D eigenvalue weighted by molar-refractivity contribution is 7.91. The summed E-state index contributed by atoms with van der Waals surface area (Å²) in [4.78, 5) is 18.2. The van der Waals surface area contributed by atoms with E-state index in [0.29, 0.717) is 29.2 Å². The highest BCUT2D eigenvalue weighted by Gasteiger charge is 2.33. The van der Waals surface area contributed by atoms with Gasteiger partial charge in [0.15, 0.2) is 0 Å². The molecule has 1 aromatic heterocycles. The fraction of sp³-hybridized carbons (Fsp3) is 0.591. The van der Waals surface area contributed by atoms with E-state index in [4.69, 9.17) is 9.72 Å². The minimum Gasteiger partial charge on any atom is -0.591 e. The molecule has 1 aliphatic heterocycles. The van der Waals surface area contributed by atoms with Crippen LogP contribution in [0.2, 0.25) is 0 Å². The molecule has 2 aromatic rings. The van der Waals surface area contributed by atoms with E-state index in [1.165, 1.54) is 12.1 Å². The number of rotatable bonds is 4. The maximum atomic E-state index is 14.5. The van der Waals surface area contributed by atoms with Crippen LogP contribution in [0.5, 0.6) is 0 Å². The van der Waals surface area contributed by atoms with Crippen molar-refractivity contribution < 1.29 is 13.7 Å². The van der Waals surface area contributed by atoms with Gasteiger partial charge in [0.25, 0.3) is 5.56 Å². The molecule has 30 heavy (non-hydrogen) atoms. The molecule has 0 N–H and O–H groups in total. The SMILES string of the molecule is CC(=N[S+]([O-])C(C)(C)C)c1cc(F)cc2c(=O)n(C3CC3)c([C@@H]3CCCCO3)nc12. The summed E-state index contributed by atoms with van der Waals surface area (Å²) in [7, 11) is 0. The van der Waals surface area contributed by atoms with Gasteiger partial charge in [0, 0.05) is 18.2 Å². The maximum Gasteiger partial charge on any atom is 0.261 e. The fourth-order valence-corrected chi connectivity index (χ4v) is 4.35. The van der Waals surface area contributed by atoms with Gasteiger partial charge in [-0.15, -0.1) is 0 Å². The molecule has 8 heteroatoms. The van der Waals surface area contributed by atoms with Gasteiger partial charge in [-0.25, -0.2) is 9.37 Å². The summed E-state index contributed by atoms with van der Waals surface area (Å²) in [5.41, 5.74) is 0.964. The van der Waals surface area contributed by atoms with Crippen LogP contribution in [0.15, 0.2) is 21.3 Å². The summed E-state index contributed by atoms with van der Waals surface area (Å²) in [6.07, 6.45) is 4.42. The van der Waals surface area contributed by atoms with Crippen molar-refractivity contribution in [3.63, 3.8) is 0 Å². The highest BCUT2D eigenvalue weighted by atomic mass is 32.2. The zero-order valence-electron chi connectivity index (χ0n) is 17.9. The van der Waals surface area contributed by atoms with Crippen molar-refractivity contribution in [1.29, 1.82) is 0 Å². The zero-order valence-corrected chi connectivity index (χ0v) is 18.7. The van der Waals surface area contributed by atoms with E-state index in [1.807, 2.05) is 20.8 Å². The number of benzene rings is 1. The average molecular weight is 434 g/mol. The largest absolute Gasteiger partial charge is 0.591 e. The quantitative estimate of drug-likeness (QED) is 0.529. The van der Waals surface area contributed by atoms with Crippen molar-refractivity contribution in [3.8, 4) is 0 Å². The van der Waals surface area contributed by atoms with Gasteiger partial charge in [-0.3, -0.25) is 9.36 Å². The Hall–Kier alpha value is -1.77. The van der Waals surface area contributed by atoms with Crippen LogP contribution in [0.25, 0.3) is 10.9 Å². The summed E-state index contributed by atoms with van der Waals surface area (Å²) in [6.45, 7) is 7.81. The number of hydrogen-bond donors (Lipinski definition) is 0. The smallest absolute Gasteiger partial charge is 0.261 e. The zero-order chi connectivity index (χ0) is 21.6. The Labute approximate surface area is 178 Å². The minimum absolute atomic E-state index is 0.102. The first-order valence-corrected chi connectivity index (χ1v) is 11.6. The molecule has 1 aromatic carbocycles. The van der Waals surface area contributed by atoms with Crippen LogP contribution in [0, 0.1) is 5.82 Å². The van der Waals surface area contributed by atoms with Crippen LogP contribution in [0.3, 0.4) is 0 Å². The molecule has 1 saturated carbocycles. The lowest BCUT2D eigenvalue weighted by Crippen LogP contribution is -2.29. The van der Waals surface area contributed by atoms with E-state index in [-0.39, 0.29) is 23.1 Å². The van der Waals surface area contributed by atoms with Gasteiger partial charge in [-0.1, -0.05) is 4.40 Å². The van der Waals surface area contributed by atoms with E-state index in [2.05, 4.69) is 4.40 Å². The summed E-state index contributed by atoms with van der Waals surface area (Å²) in [6, 6.07) is 2.66. The molecule has 0 spiro atoms. The van der Waals surface area contributed by atoms with E-state index < -0.39 is 21.9 Å². The van der Waals surface area contributed by atoms with Gasteiger partial charge < -0.3 is 9.29 Å². The molecule has 0 radical (unpaired) electrons. The van der Waals surface area contributed by atoms with Gasteiger partial charge in [-0.05, 0) is 71.9 Å². The predicted molar refractivity (Wildman–Crippen MR) is 117 cm³/mol. The molecule has 2 aliphatic rings. The molecular formula is C22H28FN3O3S. The topological polar surface area (TPSA) is 79.5 Å². The van der Waals surface area contributed by atoms with E-state index in [1.54, 1.807) is 11.5 Å². The molecule has 2 fully saturated rings. The molecule has 0 bridgehead atoms. The number of hydrogen-bond acceptors (Lipinski definition) is 5. The minimum atomic E-state index is -1.50. The lowest BCUT2D eigenvalue weighted by Gasteiger charge is -2.25. The third-order valence-corrected chi connectivity index (χ3v) is 7.00. The number of halogens is 1. The molecule has 2 heterocycles. The van der Waals surface area contributed by atoms with E-state index >= 15 is 0 Å². The Morgan fingerprint density at radius 1 is 1.30 bits per heavy atom. The highest BCUT2D eigenvalue weighted by Crippen LogP contribution is 2.38. The Morgan fingerprint density at radius 2 is 2.03 bits per heavy atom. The Bertz CT molecular complexity index is 1050. The molecule has 162 valence electrons. The van der Waals surface area contributed by atoms with Crippen LogP contribution in [-0.2, 0) is 16.1 Å². The van der Waals surface area contributed by atoms with Crippen LogP contribution in [0.1, 0.15) is 83.3 Å². The molecule has 1 unspecified atom stereocenters. The van der Waals surface area contributed by atoms with Gasteiger partial charge in [0.2, 0.25) is 0 Å². The normalized spacial score (nSPS) is 21.8. The lowest BCUT2D eigenvalue weighted by atomic mass is 10.0. The second-order valence-electron chi connectivity index (χ2n) is 9.12. The summed E-state index contributed by atoms with van der Waals surface area (Å²) >= 11 is -1.50. The Balaban J connectivity index is 1.93. The second kappa shape index (κ2) is 8.05. The number of fused-ring (bicyclic) bond motifs is 1. The Kier molecular flexibility index (Phi) is 5.76. The first kappa shape index (κ1) is 21.5. The van der Waals surface area contributed by atoms with Crippen molar-refractivity contribution in [2.45, 2.75) is 76.7 Å². The standard InChI is InChI=1S/C22H28FN3O3S/c1-13(25-30(28)22(2,3)4)16-11-14(23)12-17-19(16)24-20(18-7-5-6-10-29-18)26(21(17)27)15-8-9-15/h11-12,15,18H,5-10H2,1-4H3/t18-,30?/m0/s1. The second-order valence-corrected chi connectivity index (χ2v) is 11.0. The molecular weight excluding hydrogens is 405 g/mol. The summed E-state index contributed by atoms with van der Waals surface area (Å²) in [5, 5.41) is 0.229. The van der Waals surface area contributed by atoms with Crippen molar-refractivity contribution in [1.82, 2.24) is 9.55 Å². The molecule has 1 aliphatic carbocycles. The first-order valence-electron chi connectivity index (χ1n) is 10.5. The third kappa shape index (κ3) is 4.18. The predicted octanol–water partition coefficient (Wildman–Crippen LogP) is 4.38. The fourth-order valence-electron chi connectivity index (χ4n) is 3.73. The van der Waals surface area contributed by atoms with Crippen LogP contribution < -0.4 is 5.56 Å². The summed E-state index contributed by atoms with van der Waals surface area (Å²) < 4.78 is 38.4. The number of aromatic nitrogens is 2. The van der Waals surface area contributed by atoms with E-state index in [9.17, 15) is 13.7 Å². The van der Waals surface area contributed by atoms with Crippen molar-refractivity contribution in [2.75, 3.05) is 6.61 Å². The molecule has 2 atom stereocenters. The van der Waals surface area contributed by atoms with Crippen LogP contribution in [0.4, 0.5) is 4.39 Å². The van der Waals surface area contributed by atoms with Crippen LogP contribution in [-0.4, -0.2) is 31.2 Å².